The molecule has 4 nitrogen and oxygen atoms in total. The quantitative estimate of drug-likeness (QED) is 0.535. The number of methoxy groups -OCH3 is 1. The number of nitrogens with one attached hydrogen (secondary N) is 1. The molecule has 1 unspecified atom stereocenters. The summed E-state index contributed by atoms with van der Waals surface area (Å²) < 4.78 is 5.32. The lowest BCUT2D eigenvalue weighted by Crippen LogP contribution is -2.40. The summed E-state index contributed by atoms with van der Waals surface area (Å²) in [5.41, 5.74) is 4.63. The van der Waals surface area contributed by atoms with Crippen molar-refractivity contribution < 1.29 is 9.53 Å². The van der Waals surface area contributed by atoms with Crippen LogP contribution in [-0.2, 0) is 6.42 Å². The summed E-state index contributed by atoms with van der Waals surface area (Å²) in [5.74, 6) is 0.896. The number of hydrogen-bond donors (Lipinski definition) is 1. The minimum Gasteiger partial charge on any atom is -0.497 e. The first kappa shape index (κ1) is 17.1. The highest BCUT2D eigenvalue weighted by molar-refractivity contribution is 7.12. The molecule has 0 saturated carbocycles. The number of nitrogens with zero attached hydrogens (tertiary/aromatic N) is 1. The van der Waals surface area contributed by atoms with Crippen LogP contribution in [0, 0.1) is 0 Å². The van der Waals surface area contributed by atoms with Crippen LogP contribution in [0.4, 0.5) is 0 Å². The lowest BCUT2D eigenvalue weighted by atomic mass is 9.92. The molecule has 4 aromatic rings. The van der Waals surface area contributed by atoms with Crippen molar-refractivity contribution in [3.63, 3.8) is 0 Å². The van der Waals surface area contributed by atoms with E-state index in [9.17, 15) is 4.79 Å². The molecule has 2 aromatic heterocycles. The van der Waals surface area contributed by atoms with Gasteiger partial charge < -0.3 is 14.6 Å². The fourth-order valence-corrected chi connectivity index (χ4v) is 4.81. The van der Waals surface area contributed by atoms with Gasteiger partial charge in [-0.2, -0.15) is 0 Å². The lowest BCUT2D eigenvalue weighted by molar-refractivity contribution is 0.0697. The molecule has 0 radical (unpaired) electrons. The minimum atomic E-state index is -0.142. The molecule has 5 heteroatoms. The Kier molecular flexibility index (Phi) is 4.17. The summed E-state index contributed by atoms with van der Waals surface area (Å²) in [7, 11) is 1.66. The van der Waals surface area contributed by atoms with Crippen LogP contribution in [0.5, 0.6) is 5.75 Å². The topological polar surface area (TPSA) is 45.3 Å². The minimum absolute atomic E-state index is 0.0834. The van der Waals surface area contributed by atoms with Crippen LogP contribution >= 0.6 is 11.3 Å². The number of para-hydroxylation sites is 1. The van der Waals surface area contributed by atoms with Crippen LogP contribution in [-0.4, -0.2) is 29.4 Å². The molecule has 0 fully saturated rings. The van der Waals surface area contributed by atoms with Gasteiger partial charge in [-0.15, -0.1) is 11.3 Å². The van der Waals surface area contributed by atoms with Crippen LogP contribution in [0.15, 0.2) is 66.0 Å². The van der Waals surface area contributed by atoms with E-state index in [2.05, 4.69) is 35.3 Å². The highest BCUT2D eigenvalue weighted by atomic mass is 32.1. The Hall–Kier alpha value is -3.05. The number of H-pyrrole nitrogens is 1. The van der Waals surface area contributed by atoms with Crippen molar-refractivity contribution in [3.8, 4) is 5.75 Å². The third-order valence-electron chi connectivity index (χ3n) is 5.46. The predicted octanol–water partition coefficient (Wildman–Crippen LogP) is 5.03. The van der Waals surface area contributed by atoms with E-state index < -0.39 is 0 Å². The monoisotopic (exact) mass is 388 g/mol. The van der Waals surface area contributed by atoms with Gasteiger partial charge in [0.25, 0.3) is 5.91 Å². The molecule has 1 atom stereocenters. The van der Waals surface area contributed by atoms with Crippen molar-refractivity contribution >= 4 is 28.1 Å². The molecule has 1 N–H and O–H groups in total. The Bertz CT molecular complexity index is 1130. The van der Waals surface area contributed by atoms with E-state index in [0.29, 0.717) is 6.54 Å². The first-order valence-corrected chi connectivity index (χ1v) is 10.2. The maximum atomic E-state index is 13.3. The van der Waals surface area contributed by atoms with Crippen molar-refractivity contribution in [1.29, 1.82) is 0 Å². The summed E-state index contributed by atoms with van der Waals surface area (Å²) in [6, 6.07) is 20.1. The van der Waals surface area contributed by atoms with Gasteiger partial charge in [0.05, 0.1) is 18.0 Å². The number of carbonyl (C=O) groups excluding carboxylic acids is 1. The lowest BCUT2D eigenvalue weighted by Gasteiger charge is -2.36. The Morgan fingerprint density at radius 1 is 1.11 bits per heavy atom. The van der Waals surface area contributed by atoms with E-state index in [-0.39, 0.29) is 11.9 Å². The van der Waals surface area contributed by atoms with Gasteiger partial charge in [-0.05, 0) is 47.2 Å². The van der Waals surface area contributed by atoms with Crippen LogP contribution in [0.3, 0.4) is 0 Å². The molecule has 140 valence electrons. The molecule has 2 aromatic carbocycles. The summed E-state index contributed by atoms with van der Waals surface area (Å²) in [4.78, 5) is 19.7. The van der Waals surface area contributed by atoms with Crippen molar-refractivity contribution in [3.05, 3.63) is 87.7 Å². The average Bonchev–Trinajstić information content (AvgIpc) is 3.40. The van der Waals surface area contributed by atoms with E-state index in [0.717, 1.165) is 33.8 Å². The third kappa shape index (κ3) is 2.70. The van der Waals surface area contributed by atoms with Gasteiger partial charge in [-0.25, -0.2) is 0 Å². The molecule has 0 spiro atoms. The number of ether oxygens (including phenoxy) is 1. The standard InChI is InChI=1S/C23H20N2O2S/c1-27-16-10-8-15(9-11-16)22-21-18(17-5-2-3-6-19(17)24-21)12-13-25(22)23(26)20-7-4-14-28-20/h2-11,14,22,24H,12-13H2,1H3. The molecule has 0 saturated heterocycles. The van der Waals surface area contributed by atoms with Crippen LogP contribution < -0.4 is 4.74 Å². The van der Waals surface area contributed by atoms with Gasteiger partial charge >= 0.3 is 0 Å². The fraction of sp³-hybridized carbons (Fsp3) is 0.174. The zero-order valence-corrected chi connectivity index (χ0v) is 16.3. The number of benzene rings is 2. The van der Waals surface area contributed by atoms with Gasteiger partial charge in [0.1, 0.15) is 5.75 Å². The maximum Gasteiger partial charge on any atom is 0.264 e. The van der Waals surface area contributed by atoms with Crippen LogP contribution in [0.1, 0.15) is 32.5 Å². The summed E-state index contributed by atoms with van der Waals surface area (Å²) in [5, 5.41) is 3.20. The average molecular weight is 388 g/mol. The van der Waals surface area contributed by atoms with Gasteiger partial charge in [0.15, 0.2) is 0 Å². The number of hydrogen-bond acceptors (Lipinski definition) is 3. The summed E-state index contributed by atoms with van der Waals surface area (Å²) in [6.07, 6.45) is 0.850. The molecule has 0 bridgehead atoms. The smallest absolute Gasteiger partial charge is 0.264 e. The largest absolute Gasteiger partial charge is 0.497 e. The first-order valence-electron chi connectivity index (χ1n) is 9.34. The number of aromatic amines is 1. The van der Waals surface area contributed by atoms with E-state index in [1.165, 1.54) is 22.3 Å². The molecule has 1 aliphatic heterocycles. The molecule has 0 aliphatic carbocycles. The van der Waals surface area contributed by atoms with Crippen molar-refractivity contribution in [2.75, 3.05) is 13.7 Å². The summed E-state index contributed by atoms with van der Waals surface area (Å²) >= 11 is 1.49. The number of rotatable bonds is 3. The molecule has 1 amide bonds. The molecule has 5 rings (SSSR count). The predicted molar refractivity (Wildman–Crippen MR) is 112 cm³/mol. The van der Waals surface area contributed by atoms with Crippen molar-refractivity contribution in [1.82, 2.24) is 9.88 Å². The molecular weight excluding hydrogens is 368 g/mol. The van der Waals surface area contributed by atoms with Gasteiger partial charge in [0.2, 0.25) is 0 Å². The first-order chi connectivity index (χ1) is 13.8. The second kappa shape index (κ2) is 6.84. The van der Waals surface area contributed by atoms with Gasteiger partial charge in [-0.3, -0.25) is 4.79 Å². The Balaban J connectivity index is 1.66. The van der Waals surface area contributed by atoms with Crippen molar-refractivity contribution in [2.24, 2.45) is 0 Å². The van der Waals surface area contributed by atoms with Crippen LogP contribution in [0.2, 0.25) is 0 Å². The van der Waals surface area contributed by atoms with Crippen LogP contribution in [0.25, 0.3) is 10.9 Å². The number of amides is 1. The molecule has 3 heterocycles. The molecule has 28 heavy (non-hydrogen) atoms. The highest BCUT2D eigenvalue weighted by Crippen LogP contribution is 2.39. The third-order valence-corrected chi connectivity index (χ3v) is 6.32. The SMILES string of the molecule is COc1ccc(C2c3[nH]c4ccccc4c3CCN2C(=O)c2cccs2)cc1. The molecular formula is C23H20N2O2S. The number of fused-ring (bicyclic) bond motifs is 3. The van der Waals surface area contributed by atoms with Crippen molar-refractivity contribution in [2.45, 2.75) is 12.5 Å². The molecule has 1 aliphatic rings. The second-order valence-electron chi connectivity index (χ2n) is 6.96. The van der Waals surface area contributed by atoms with E-state index >= 15 is 0 Å². The normalized spacial score (nSPS) is 16.2. The Morgan fingerprint density at radius 3 is 2.68 bits per heavy atom. The zero-order chi connectivity index (χ0) is 19.1. The second-order valence-corrected chi connectivity index (χ2v) is 7.91. The van der Waals surface area contributed by atoms with E-state index in [4.69, 9.17) is 4.74 Å². The Labute approximate surface area is 167 Å². The fourth-order valence-electron chi connectivity index (χ4n) is 4.13. The van der Waals surface area contributed by atoms with E-state index in [1.54, 1.807) is 7.11 Å². The zero-order valence-electron chi connectivity index (χ0n) is 15.5. The highest BCUT2D eigenvalue weighted by Gasteiger charge is 2.35. The maximum absolute atomic E-state index is 13.3. The number of carbonyl (C=O) groups is 1. The number of thiophene rings is 1. The summed E-state index contributed by atoms with van der Waals surface area (Å²) in [6.45, 7) is 0.697. The van der Waals surface area contributed by atoms with Gasteiger partial charge in [0, 0.05) is 23.1 Å². The number of aromatic nitrogens is 1. The van der Waals surface area contributed by atoms with Gasteiger partial charge in [-0.1, -0.05) is 36.4 Å². The van der Waals surface area contributed by atoms with E-state index in [1.807, 2.05) is 40.6 Å². The Morgan fingerprint density at radius 2 is 1.93 bits per heavy atom.